The number of halogens is 2. The van der Waals surface area contributed by atoms with Crippen LogP contribution in [0.4, 0.5) is 11.8 Å². The third-order valence-corrected chi connectivity index (χ3v) is 3.90. The summed E-state index contributed by atoms with van der Waals surface area (Å²) in [5.41, 5.74) is 11.4. The normalized spacial score (nSPS) is 11.5. The summed E-state index contributed by atoms with van der Waals surface area (Å²) in [6, 6.07) is 3.23. The van der Waals surface area contributed by atoms with Crippen LogP contribution in [0.25, 0.3) is 11.3 Å². The van der Waals surface area contributed by atoms with Crippen LogP contribution in [0, 0.1) is 0 Å². The van der Waals surface area contributed by atoms with E-state index in [4.69, 9.17) is 44.5 Å². The minimum Gasteiger partial charge on any atom is -0.488 e. The van der Waals surface area contributed by atoms with Crippen LogP contribution in [0.15, 0.2) is 12.1 Å². The zero-order valence-electron chi connectivity index (χ0n) is 12.7. The summed E-state index contributed by atoms with van der Waals surface area (Å²) < 4.78 is 5.87. The maximum Gasteiger partial charge on any atom is 0.242 e. The van der Waals surface area contributed by atoms with E-state index in [9.17, 15) is 0 Å². The van der Waals surface area contributed by atoms with E-state index < -0.39 is 5.60 Å². The molecule has 0 saturated carbocycles. The van der Waals surface area contributed by atoms with Crippen molar-refractivity contribution in [2.24, 2.45) is 0 Å². The predicted octanol–water partition coefficient (Wildman–Crippen LogP) is 2.55. The van der Waals surface area contributed by atoms with Gasteiger partial charge in [-0.25, -0.2) is 0 Å². The Labute approximate surface area is 143 Å². The van der Waals surface area contributed by atoms with E-state index in [-0.39, 0.29) is 34.1 Å². The van der Waals surface area contributed by atoms with Crippen LogP contribution >= 0.6 is 23.2 Å². The van der Waals surface area contributed by atoms with Gasteiger partial charge in [0.25, 0.3) is 0 Å². The van der Waals surface area contributed by atoms with Crippen molar-refractivity contribution >= 4 is 35.0 Å². The molecule has 0 aliphatic rings. The number of aromatic nitrogens is 3. The molecule has 124 valence electrons. The van der Waals surface area contributed by atoms with Crippen molar-refractivity contribution in [3.63, 3.8) is 0 Å². The Morgan fingerprint density at radius 1 is 1.22 bits per heavy atom. The van der Waals surface area contributed by atoms with Gasteiger partial charge >= 0.3 is 0 Å². The molecule has 0 unspecified atom stereocenters. The third kappa shape index (κ3) is 4.13. The van der Waals surface area contributed by atoms with E-state index in [0.717, 1.165) is 0 Å². The highest BCUT2D eigenvalue weighted by molar-refractivity contribution is 6.43. The van der Waals surface area contributed by atoms with E-state index in [0.29, 0.717) is 17.7 Å². The lowest BCUT2D eigenvalue weighted by atomic mass is 10.1. The zero-order chi connectivity index (χ0) is 17.2. The fourth-order valence-electron chi connectivity index (χ4n) is 1.98. The number of hydrogen-bond donors (Lipinski definition) is 3. The topological polar surface area (TPSA) is 120 Å². The molecule has 0 aliphatic carbocycles. The summed E-state index contributed by atoms with van der Waals surface area (Å²) in [5.74, 6) is 0.512. The maximum atomic E-state index is 9.09. The molecule has 0 radical (unpaired) electrons. The molecule has 7 nitrogen and oxygen atoms in total. The number of aliphatic hydroxyl groups is 1. The van der Waals surface area contributed by atoms with Crippen molar-refractivity contribution in [1.82, 2.24) is 15.2 Å². The number of benzene rings is 1. The number of nitrogen functional groups attached to an aromatic ring is 2. The first-order chi connectivity index (χ1) is 10.7. The number of aliphatic hydroxyl groups excluding tert-OH is 1. The molecule has 2 rings (SSSR count). The first-order valence-corrected chi connectivity index (χ1v) is 7.54. The van der Waals surface area contributed by atoms with Crippen molar-refractivity contribution in [3.8, 4) is 17.0 Å². The number of rotatable bonds is 5. The quantitative estimate of drug-likeness (QED) is 0.751. The largest absolute Gasteiger partial charge is 0.488 e. The summed E-state index contributed by atoms with van der Waals surface area (Å²) in [6.07, 6.45) is 0.452. The van der Waals surface area contributed by atoms with Gasteiger partial charge in [-0.15, -0.1) is 10.2 Å². The Morgan fingerprint density at radius 2 is 1.91 bits per heavy atom. The van der Waals surface area contributed by atoms with Crippen LogP contribution in [0.1, 0.15) is 20.3 Å². The molecule has 2 aromatic rings. The average molecular weight is 358 g/mol. The Balaban J connectivity index is 2.48. The summed E-state index contributed by atoms with van der Waals surface area (Å²) in [4.78, 5) is 3.86. The molecule has 0 bridgehead atoms. The minimum absolute atomic E-state index is 0.00147. The highest BCUT2D eigenvalue weighted by Crippen LogP contribution is 2.39. The van der Waals surface area contributed by atoms with Crippen LogP contribution in [-0.4, -0.2) is 32.5 Å². The van der Waals surface area contributed by atoms with Gasteiger partial charge < -0.3 is 21.3 Å². The Bertz CT molecular complexity index is 725. The number of ether oxygens (including phenoxy) is 1. The van der Waals surface area contributed by atoms with Crippen molar-refractivity contribution in [1.29, 1.82) is 0 Å². The van der Waals surface area contributed by atoms with Gasteiger partial charge in [0.1, 0.15) is 17.0 Å². The van der Waals surface area contributed by atoms with E-state index in [1.165, 1.54) is 0 Å². The molecule has 5 N–H and O–H groups in total. The Hall–Kier alpha value is -1.83. The molecular formula is C14H17Cl2N5O2. The monoisotopic (exact) mass is 357 g/mol. The van der Waals surface area contributed by atoms with E-state index in [1.807, 2.05) is 13.8 Å². The van der Waals surface area contributed by atoms with E-state index in [2.05, 4.69) is 15.2 Å². The second kappa shape index (κ2) is 6.74. The first-order valence-electron chi connectivity index (χ1n) is 6.78. The molecule has 1 aromatic heterocycles. The van der Waals surface area contributed by atoms with Gasteiger partial charge in [-0.3, -0.25) is 0 Å². The van der Waals surface area contributed by atoms with Gasteiger partial charge in [0.2, 0.25) is 5.95 Å². The van der Waals surface area contributed by atoms with Crippen LogP contribution in [0.5, 0.6) is 5.75 Å². The van der Waals surface area contributed by atoms with Crippen molar-refractivity contribution < 1.29 is 9.84 Å². The van der Waals surface area contributed by atoms with Gasteiger partial charge in [-0.05, 0) is 19.9 Å². The standard InChI is InChI=1S/C14H17Cl2N5O2/c1-14(2,3-4-22)23-7-5-8(10(16)9(15)6-7)11-12(17)19-13(18)21-20-11/h5-6,22H,3-4H2,1-2H3,(H4,17,18,19,21). The molecule has 1 aromatic carbocycles. The first kappa shape index (κ1) is 17.5. The van der Waals surface area contributed by atoms with Crippen molar-refractivity contribution in [3.05, 3.63) is 22.2 Å². The number of hydrogen-bond acceptors (Lipinski definition) is 7. The molecule has 23 heavy (non-hydrogen) atoms. The number of nitrogens with zero attached hydrogens (tertiary/aromatic N) is 3. The Kier molecular flexibility index (Phi) is 5.13. The molecular weight excluding hydrogens is 341 g/mol. The molecule has 0 spiro atoms. The fourth-order valence-corrected chi connectivity index (χ4v) is 2.39. The third-order valence-electron chi connectivity index (χ3n) is 3.09. The van der Waals surface area contributed by atoms with Crippen LogP contribution < -0.4 is 16.2 Å². The van der Waals surface area contributed by atoms with Gasteiger partial charge in [0.15, 0.2) is 5.82 Å². The lowest BCUT2D eigenvalue weighted by Gasteiger charge is -2.26. The Morgan fingerprint density at radius 3 is 2.52 bits per heavy atom. The summed E-state index contributed by atoms with van der Waals surface area (Å²) >= 11 is 12.4. The lowest BCUT2D eigenvalue weighted by Crippen LogP contribution is -2.29. The van der Waals surface area contributed by atoms with Crippen molar-refractivity contribution in [2.45, 2.75) is 25.9 Å². The van der Waals surface area contributed by atoms with Gasteiger partial charge in [0.05, 0.1) is 10.0 Å². The maximum absolute atomic E-state index is 9.09. The molecule has 9 heteroatoms. The zero-order valence-corrected chi connectivity index (χ0v) is 14.2. The van der Waals surface area contributed by atoms with Crippen molar-refractivity contribution in [2.75, 3.05) is 18.1 Å². The SMILES string of the molecule is CC(C)(CCO)Oc1cc(Cl)c(Cl)c(-c2nnc(N)nc2N)c1. The van der Waals surface area contributed by atoms with E-state index in [1.54, 1.807) is 12.1 Å². The van der Waals surface area contributed by atoms with E-state index >= 15 is 0 Å². The molecule has 0 amide bonds. The van der Waals surface area contributed by atoms with Crippen LogP contribution in [-0.2, 0) is 0 Å². The molecule has 1 heterocycles. The summed E-state index contributed by atoms with van der Waals surface area (Å²) in [6.45, 7) is 3.70. The number of nitrogens with two attached hydrogens (primary N) is 2. The van der Waals surface area contributed by atoms with Gasteiger partial charge in [-0.1, -0.05) is 23.2 Å². The predicted molar refractivity (Wildman–Crippen MR) is 90.5 cm³/mol. The van der Waals surface area contributed by atoms with Crippen LogP contribution in [0.3, 0.4) is 0 Å². The van der Waals surface area contributed by atoms with Crippen LogP contribution in [0.2, 0.25) is 10.0 Å². The summed E-state index contributed by atoms with van der Waals surface area (Å²) in [5, 5.41) is 17.2. The highest BCUT2D eigenvalue weighted by atomic mass is 35.5. The minimum atomic E-state index is -0.584. The van der Waals surface area contributed by atoms with Gasteiger partial charge in [0, 0.05) is 24.7 Å². The molecule has 0 saturated heterocycles. The highest BCUT2D eigenvalue weighted by Gasteiger charge is 2.22. The fraction of sp³-hybridized carbons (Fsp3) is 0.357. The molecule has 0 fully saturated rings. The average Bonchev–Trinajstić information content (AvgIpc) is 2.42. The summed E-state index contributed by atoms with van der Waals surface area (Å²) in [7, 11) is 0. The second-order valence-electron chi connectivity index (χ2n) is 5.51. The smallest absolute Gasteiger partial charge is 0.242 e. The molecule has 0 atom stereocenters. The lowest BCUT2D eigenvalue weighted by molar-refractivity contribution is 0.0766. The second-order valence-corrected chi connectivity index (χ2v) is 6.29. The molecule has 0 aliphatic heterocycles. The number of anilines is 2. The van der Waals surface area contributed by atoms with Gasteiger partial charge in [-0.2, -0.15) is 4.98 Å².